The number of pyridine rings is 1. The molecule has 3 aromatic rings. The summed E-state index contributed by atoms with van der Waals surface area (Å²) in [6, 6.07) is 10.5. The van der Waals surface area contributed by atoms with Crippen LogP contribution < -0.4 is 5.32 Å². The highest BCUT2D eigenvalue weighted by molar-refractivity contribution is 5.90. The number of carbonyl (C=O) groups is 1. The molecule has 2 aromatic heterocycles. The molecule has 0 bridgehead atoms. The van der Waals surface area contributed by atoms with Crippen LogP contribution in [-0.4, -0.2) is 20.7 Å². The van der Waals surface area contributed by atoms with Gasteiger partial charge < -0.3 is 5.32 Å². The molecule has 5 nitrogen and oxygen atoms in total. The highest BCUT2D eigenvalue weighted by Gasteiger charge is 2.26. The number of aromatic nitrogens is 3. The van der Waals surface area contributed by atoms with E-state index in [1.807, 2.05) is 23.0 Å². The smallest absolute Gasteiger partial charge is 0.225 e. The molecular formula is C20H19FN4O. The summed E-state index contributed by atoms with van der Waals surface area (Å²) in [6.45, 7) is 1.80. The Morgan fingerprint density at radius 3 is 2.69 bits per heavy atom. The van der Waals surface area contributed by atoms with Crippen LogP contribution in [0.2, 0.25) is 0 Å². The van der Waals surface area contributed by atoms with Crippen molar-refractivity contribution in [2.24, 2.45) is 0 Å². The zero-order valence-electron chi connectivity index (χ0n) is 14.4. The first-order valence-electron chi connectivity index (χ1n) is 8.75. The second kappa shape index (κ2) is 6.71. The molecule has 1 N–H and O–H groups in total. The first-order chi connectivity index (χ1) is 12.6. The van der Waals surface area contributed by atoms with Crippen molar-refractivity contribution in [1.82, 2.24) is 14.8 Å². The summed E-state index contributed by atoms with van der Waals surface area (Å²) in [6.07, 6.45) is 6.34. The van der Waals surface area contributed by atoms with E-state index in [1.54, 1.807) is 25.3 Å². The van der Waals surface area contributed by atoms with Crippen molar-refractivity contribution < 1.29 is 9.18 Å². The molecule has 1 aliphatic carbocycles. The lowest BCUT2D eigenvalue weighted by atomic mass is 10.0. The standard InChI is InChI=1S/C20H19FN4O/c1-2-19(26)23-18-11-14(9-10-22-18)17-12-25(16-7-8-16)24-20(17)13-3-5-15(21)6-4-13/h3-6,9-12,16H,2,7-8H2,1H3,(H,22,23,26). The first kappa shape index (κ1) is 16.4. The summed E-state index contributed by atoms with van der Waals surface area (Å²) in [4.78, 5) is 15.9. The Balaban J connectivity index is 1.77. The van der Waals surface area contributed by atoms with Gasteiger partial charge in [0.15, 0.2) is 0 Å². The van der Waals surface area contributed by atoms with Gasteiger partial charge in [-0.25, -0.2) is 9.37 Å². The van der Waals surface area contributed by atoms with Crippen LogP contribution in [-0.2, 0) is 4.79 Å². The van der Waals surface area contributed by atoms with Gasteiger partial charge in [-0.05, 0) is 54.8 Å². The van der Waals surface area contributed by atoms with Gasteiger partial charge in [0.2, 0.25) is 5.91 Å². The van der Waals surface area contributed by atoms with Gasteiger partial charge in [0, 0.05) is 29.9 Å². The van der Waals surface area contributed by atoms with Crippen molar-refractivity contribution in [3.05, 3.63) is 54.6 Å². The average Bonchev–Trinajstić information content (AvgIpc) is 3.41. The predicted molar refractivity (Wildman–Crippen MR) is 98.0 cm³/mol. The predicted octanol–water partition coefficient (Wildman–Crippen LogP) is 4.43. The molecule has 6 heteroatoms. The highest BCUT2D eigenvalue weighted by Crippen LogP contribution is 2.39. The van der Waals surface area contributed by atoms with Crippen molar-refractivity contribution in [2.45, 2.75) is 32.2 Å². The SMILES string of the molecule is CCC(=O)Nc1cc(-c2cn(C3CC3)nc2-c2ccc(F)cc2)ccn1. The Bertz CT molecular complexity index is 945. The lowest BCUT2D eigenvalue weighted by molar-refractivity contribution is -0.115. The van der Waals surface area contributed by atoms with Crippen LogP contribution in [0.15, 0.2) is 48.8 Å². The monoisotopic (exact) mass is 350 g/mol. The van der Waals surface area contributed by atoms with Crippen molar-refractivity contribution in [3.8, 4) is 22.4 Å². The molecule has 1 aliphatic rings. The fraction of sp³-hybridized carbons (Fsp3) is 0.250. The maximum Gasteiger partial charge on any atom is 0.225 e. The van der Waals surface area contributed by atoms with E-state index in [9.17, 15) is 9.18 Å². The molecule has 0 atom stereocenters. The van der Waals surface area contributed by atoms with E-state index >= 15 is 0 Å². The molecule has 1 fully saturated rings. The number of rotatable bonds is 5. The molecule has 1 aromatic carbocycles. The zero-order chi connectivity index (χ0) is 18.1. The lowest BCUT2D eigenvalue weighted by Gasteiger charge is -2.06. The minimum Gasteiger partial charge on any atom is -0.311 e. The van der Waals surface area contributed by atoms with Crippen molar-refractivity contribution >= 4 is 11.7 Å². The summed E-state index contributed by atoms with van der Waals surface area (Å²) in [5.41, 5.74) is 3.52. The molecule has 132 valence electrons. The van der Waals surface area contributed by atoms with Crippen LogP contribution in [0.25, 0.3) is 22.4 Å². The normalized spacial score (nSPS) is 13.6. The Kier molecular flexibility index (Phi) is 4.24. The minimum absolute atomic E-state index is 0.0814. The average molecular weight is 350 g/mol. The summed E-state index contributed by atoms with van der Waals surface area (Å²) < 4.78 is 15.3. The summed E-state index contributed by atoms with van der Waals surface area (Å²) in [7, 11) is 0. The van der Waals surface area contributed by atoms with E-state index in [2.05, 4.69) is 10.3 Å². The number of hydrogen-bond acceptors (Lipinski definition) is 3. The number of carbonyl (C=O) groups excluding carboxylic acids is 1. The van der Waals surface area contributed by atoms with Crippen LogP contribution in [0.4, 0.5) is 10.2 Å². The van der Waals surface area contributed by atoms with Gasteiger partial charge in [0.05, 0.1) is 6.04 Å². The molecule has 1 amide bonds. The van der Waals surface area contributed by atoms with Crippen molar-refractivity contribution in [2.75, 3.05) is 5.32 Å². The van der Waals surface area contributed by atoms with Crippen LogP contribution in [0.5, 0.6) is 0 Å². The van der Waals surface area contributed by atoms with Gasteiger partial charge in [-0.2, -0.15) is 5.10 Å². The van der Waals surface area contributed by atoms with E-state index < -0.39 is 0 Å². The third-order valence-electron chi connectivity index (χ3n) is 4.43. The highest BCUT2D eigenvalue weighted by atomic mass is 19.1. The Morgan fingerprint density at radius 2 is 2.00 bits per heavy atom. The molecule has 0 radical (unpaired) electrons. The maximum atomic E-state index is 13.3. The van der Waals surface area contributed by atoms with Gasteiger partial charge in [-0.1, -0.05) is 6.92 Å². The van der Waals surface area contributed by atoms with E-state index in [0.717, 1.165) is 35.2 Å². The van der Waals surface area contributed by atoms with E-state index in [0.29, 0.717) is 18.3 Å². The number of benzene rings is 1. The first-order valence-corrected chi connectivity index (χ1v) is 8.75. The summed E-state index contributed by atoms with van der Waals surface area (Å²) >= 11 is 0. The van der Waals surface area contributed by atoms with E-state index in [1.165, 1.54) is 12.1 Å². The quantitative estimate of drug-likeness (QED) is 0.740. The second-order valence-corrected chi connectivity index (χ2v) is 6.44. The van der Waals surface area contributed by atoms with Gasteiger partial charge in [0.1, 0.15) is 17.3 Å². The van der Waals surface area contributed by atoms with Gasteiger partial charge >= 0.3 is 0 Å². The van der Waals surface area contributed by atoms with Crippen LogP contribution in [0.1, 0.15) is 32.2 Å². The van der Waals surface area contributed by atoms with Gasteiger partial charge in [-0.15, -0.1) is 0 Å². The largest absolute Gasteiger partial charge is 0.311 e. The van der Waals surface area contributed by atoms with Crippen molar-refractivity contribution in [3.63, 3.8) is 0 Å². The number of anilines is 1. The van der Waals surface area contributed by atoms with E-state index in [4.69, 9.17) is 5.10 Å². The fourth-order valence-electron chi connectivity index (χ4n) is 2.85. The fourth-order valence-corrected chi connectivity index (χ4v) is 2.85. The van der Waals surface area contributed by atoms with Gasteiger partial charge in [0.25, 0.3) is 0 Å². The maximum absolute atomic E-state index is 13.3. The number of halogens is 1. The Morgan fingerprint density at radius 1 is 1.23 bits per heavy atom. The molecule has 26 heavy (non-hydrogen) atoms. The second-order valence-electron chi connectivity index (χ2n) is 6.44. The molecule has 2 heterocycles. The molecule has 1 saturated carbocycles. The summed E-state index contributed by atoms with van der Waals surface area (Å²) in [5.74, 6) is 0.158. The molecule has 0 saturated heterocycles. The number of amides is 1. The van der Waals surface area contributed by atoms with Gasteiger partial charge in [-0.3, -0.25) is 9.48 Å². The minimum atomic E-state index is -0.273. The number of nitrogens with zero attached hydrogens (tertiary/aromatic N) is 3. The molecule has 0 spiro atoms. The van der Waals surface area contributed by atoms with E-state index in [-0.39, 0.29) is 11.7 Å². The number of nitrogens with one attached hydrogen (secondary N) is 1. The molecule has 0 aliphatic heterocycles. The Labute approximate surface area is 150 Å². The topological polar surface area (TPSA) is 59.8 Å². The Hall–Kier alpha value is -3.02. The van der Waals surface area contributed by atoms with Crippen molar-refractivity contribution in [1.29, 1.82) is 0 Å². The third-order valence-corrected chi connectivity index (χ3v) is 4.43. The molecule has 0 unspecified atom stereocenters. The lowest BCUT2D eigenvalue weighted by Crippen LogP contribution is -2.10. The van der Waals surface area contributed by atoms with Crippen LogP contribution >= 0.6 is 0 Å². The van der Waals surface area contributed by atoms with Crippen LogP contribution in [0, 0.1) is 5.82 Å². The van der Waals surface area contributed by atoms with Crippen LogP contribution in [0.3, 0.4) is 0 Å². The number of hydrogen-bond donors (Lipinski definition) is 1. The molecular weight excluding hydrogens is 331 g/mol. The molecule has 4 rings (SSSR count). The third kappa shape index (κ3) is 3.35. The summed E-state index contributed by atoms with van der Waals surface area (Å²) in [5, 5.41) is 7.53. The zero-order valence-corrected chi connectivity index (χ0v) is 14.4.